The van der Waals surface area contributed by atoms with E-state index in [1.165, 1.54) is 0 Å². The topological polar surface area (TPSA) is 128 Å². The van der Waals surface area contributed by atoms with E-state index in [1.54, 1.807) is 45.0 Å². The van der Waals surface area contributed by atoms with Crippen molar-refractivity contribution in [2.75, 3.05) is 0 Å². The van der Waals surface area contributed by atoms with E-state index in [2.05, 4.69) is 10.6 Å². The lowest BCUT2D eigenvalue weighted by molar-refractivity contribution is -0.127. The smallest absolute Gasteiger partial charge is 0.407 e. The molecule has 0 spiro atoms. The second kappa shape index (κ2) is 14.4. The molecule has 0 radical (unpaired) electrons. The molecule has 8 heteroatoms. The molecule has 0 fully saturated rings. The van der Waals surface area contributed by atoms with E-state index in [9.17, 15) is 24.9 Å². The van der Waals surface area contributed by atoms with Crippen LogP contribution in [0.1, 0.15) is 61.9 Å². The Kier molecular flexibility index (Phi) is 10.6. The van der Waals surface area contributed by atoms with Crippen LogP contribution in [0.4, 0.5) is 4.79 Å². The van der Waals surface area contributed by atoms with E-state index >= 15 is 0 Å². The first-order chi connectivity index (χ1) is 20.5. The first kappa shape index (κ1) is 31.8. The Balaban J connectivity index is 1.54. The predicted octanol–water partition coefficient (Wildman–Crippen LogP) is 5.07. The predicted molar refractivity (Wildman–Crippen MR) is 166 cm³/mol. The molecule has 0 saturated carbocycles. The fourth-order valence-electron chi connectivity index (χ4n) is 5.35. The molecule has 0 saturated heterocycles. The highest BCUT2D eigenvalue weighted by molar-refractivity contribution is 5.80. The van der Waals surface area contributed by atoms with Gasteiger partial charge in [0, 0.05) is 12.3 Å². The van der Waals surface area contributed by atoms with Crippen LogP contribution in [-0.2, 0) is 22.4 Å². The molecule has 228 valence electrons. The summed E-state index contributed by atoms with van der Waals surface area (Å²) >= 11 is 0. The third kappa shape index (κ3) is 9.43. The van der Waals surface area contributed by atoms with E-state index in [0.29, 0.717) is 19.3 Å². The number of hydrogen-bond acceptors (Lipinski definition) is 6. The summed E-state index contributed by atoms with van der Waals surface area (Å²) in [5.74, 6) is -0.803. The van der Waals surface area contributed by atoms with E-state index in [-0.39, 0.29) is 18.1 Å². The number of aromatic hydroxyl groups is 1. The standard InChI is InChI=1S/C35H42N2O6/c1-35(2,3)43-34(42)36-29(20-24-10-5-4-6-11-24)30(39)22-26(14-9-12-23-16-18-27(38)19-17-23)33(41)37-32-28-15-8-7-13-25(28)21-31(32)40/h4-13,15-19,26,29-32,38-40H,14,20-22H2,1-3H3,(H,36,42)(H,37,41)/b12-9-/t26-,29+,30+,31-,32+/m1/s1. The molecule has 0 unspecified atom stereocenters. The van der Waals surface area contributed by atoms with Crippen LogP contribution in [-0.4, -0.2) is 51.2 Å². The van der Waals surface area contributed by atoms with Crippen LogP contribution in [0.15, 0.2) is 84.9 Å². The number of fused-ring (bicyclic) bond motifs is 1. The zero-order valence-electron chi connectivity index (χ0n) is 24.9. The number of nitrogens with one attached hydrogen (secondary N) is 2. The molecule has 1 aliphatic carbocycles. The number of carbonyl (C=O) groups excluding carboxylic acids is 2. The Bertz CT molecular complexity index is 1380. The second-order valence-electron chi connectivity index (χ2n) is 12.1. The summed E-state index contributed by atoms with van der Waals surface area (Å²) in [5.41, 5.74) is 2.93. The quantitative estimate of drug-likeness (QED) is 0.213. The van der Waals surface area contributed by atoms with E-state index in [0.717, 1.165) is 22.3 Å². The van der Waals surface area contributed by atoms with Crippen LogP contribution >= 0.6 is 0 Å². The average Bonchev–Trinajstić information content (AvgIpc) is 3.27. The Morgan fingerprint density at radius 1 is 1.00 bits per heavy atom. The highest BCUT2D eigenvalue weighted by atomic mass is 16.6. The maximum Gasteiger partial charge on any atom is 0.407 e. The Labute approximate surface area is 253 Å². The van der Waals surface area contributed by atoms with Crippen molar-refractivity contribution in [2.24, 2.45) is 5.92 Å². The lowest BCUT2D eigenvalue weighted by Gasteiger charge is -2.29. The number of aliphatic hydroxyl groups excluding tert-OH is 2. The molecule has 1 aliphatic rings. The van der Waals surface area contributed by atoms with Gasteiger partial charge in [0.2, 0.25) is 5.91 Å². The van der Waals surface area contributed by atoms with Crippen molar-refractivity contribution in [1.82, 2.24) is 10.6 Å². The maximum absolute atomic E-state index is 13.8. The molecule has 4 rings (SSSR count). The molecular formula is C35H42N2O6. The Morgan fingerprint density at radius 3 is 2.37 bits per heavy atom. The zero-order chi connectivity index (χ0) is 31.0. The molecule has 43 heavy (non-hydrogen) atoms. The lowest BCUT2D eigenvalue weighted by atomic mass is 9.90. The molecule has 3 aromatic carbocycles. The molecular weight excluding hydrogens is 544 g/mol. The van der Waals surface area contributed by atoms with Crippen LogP contribution in [0.25, 0.3) is 6.08 Å². The van der Waals surface area contributed by atoms with Gasteiger partial charge >= 0.3 is 6.09 Å². The van der Waals surface area contributed by atoms with Crippen molar-refractivity contribution in [1.29, 1.82) is 0 Å². The summed E-state index contributed by atoms with van der Waals surface area (Å²) in [6.07, 6.45) is 2.39. The van der Waals surface area contributed by atoms with Gasteiger partial charge in [-0.1, -0.05) is 78.9 Å². The largest absolute Gasteiger partial charge is 0.508 e. The van der Waals surface area contributed by atoms with Gasteiger partial charge in [-0.25, -0.2) is 4.79 Å². The van der Waals surface area contributed by atoms with Gasteiger partial charge in [-0.2, -0.15) is 0 Å². The SMILES string of the molecule is CC(C)(C)OC(=O)N[C@@H](Cc1ccccc1)[C@@H](O)C[C@@H](C/C=C\c1ccc(O)cc1)C(=O)N[C@H]1c2ccccc2C[C@H]1O. The van der Waals surface area contributed by atoms with Crippen LogP contribution in [0.5, 0.6) is 5.75 Å². The van der Waals surface area contributed by atoms with Crippen molar-refractivity contribution < 1.29 is 29.6 Å². The summed E-state index contributed by atoms with van der Waals surface area (Å²) in [7, 11) is 0. The Morgan fingerprint density at radius 2 is 1.67 bits per heavy atom. The molecule has 0 aromatic heterocycles. The molecule has 5 atom stereocenters. The Hall–Kier alpha value is -4.14. The fourth-order valence-corrected chi connectivity index (χ4v) is 5.35. The van der Waals surface area contributed by atoms with Gasteiger partial charge in [-0.3, -0.25) is 4.79 Å². The van der Waals surface area contributed by atoms with Gasteiger partial charge in [0.05, 0.1) is 24.3 Å². The molecule has 8 nitrogen and oxygen atoms in total. The number of carbonyl (C=O) groups is 2. The first-order valence-electron chi connectivity index (χ1n) is 14.7. The van der Waals surface area contributed by atoms with Crippen LogP contribution < -0.4 is 10.6 Å². The molecule has 2 amide bonds. The van der Waals surface area contributed by atoms with Gasteiger partial charge in [0.1, 0.15) is 11.4 Å². The van der Waals surface area contributed by atoms with E-state index < -0.39 is 41.9 Å². The summed E-state index contributed by atoms with van der Waals surface area (Å²) in [6, 6.07) is 22.6. The van der Waals surface area contributed by atoms with Crippen molar-refractivity contribution in [3.8, 4) is 5.75 Å². The third-order valence-corrected chi connectivity index (χ3v) is 7.49. The summed E-state index contributed by atoms with van der Waals surface area (Å²) < 4.78 is 5.47. The maximum atomic E-state index is 13.8. The number of aliphatic hydroxyl groups is 2. The second-order valence-corrected chi connectivity index (χ2v) is 12.1. The van der Waals surface area contributed by atoms with Crippen molar-refractivity contribution >= 4 is 18.1 Å². The molecule has 5 N–H and O–H groups in total. The number of amides is 2. The van der Waals surface area contributed by atoms with Gasteiger partial charge in [-0.15, -0.1) is 0 Å². The number of ether oxygens (including phenoxy) is 1. The molecule has 3 aromatic rings. The monoisotopic (exact) mass is 586 g/mol. The highest BCUT2D eigenvalue weighted by Crippen LogP contribution is 2.32. The normalized spacial score (nSPS) is 18.4. The number of allylic oxidation sites excluding steroid dienone is 1. The zero-order valence-corrected chi connectivity index (χ0v) is 24.9. The average molecular weight is 587 g/mol. The summed E-state index contributed by atoms with van der Waals surface area (Å²) in [5, 5.41) is 37.7. The number of hydrogen-bond donors (Lipinski definition) is 5. The first-order valence-corrected chi connectivity index (χ1v) is 14.7. The highest BCUT2D eigenvalue weighted by Gasteiger charge is 2.35. The van der Waals surface area contributed by atoms with Gasteiger partial charge in [0.25, 0.3) is 0 Å². The van der Waals surface area contributed by atoms with Crippen molar-refractivity contribution in [3.63, 3.8) is 0 Å². The van der Waals surface area contributed by atoms with E-state index in [4.69, 9.17) is 4.74 Å². The van der Waals surface area contributed by atoms with Gasteiger partial charge < -0.3 is 30.7 Å². The number of phenolic OH excluding ortho intramolecular Hbond substituents is 1. The van der Waals surface area contributed by atoms with Gasteiger partial charge in [0.15, 0.2) is 0 Å². The number of rotatable bonds is 11. The van der Waals surface area contributed by atoms with Crippen LogP contribution in [0, 0.1) is 5.92 Å². The third-order valence-electron chi connectivity index (χ3n) is 7.49. The summed E-state index contributed by atoms with van der Waals surface area (Å²) in [4.78, 5) is 26.5. The summed E-state index contributed by atoms with van der Waals surface area (Å²) in [6.45, 7) is 5.31. The number of phenols is 1. The molecule has 0 aliphatic heterocycles. The molecule has 0 heterocycles. The minimum absolute atomic E-state index is 0.0590. The van der Waals surface area contributed by atoms with Crippen molar-refractivity contribution in [2.45, 2.75) is 76.3 Å². The minimum atomic E-state index is -1.08. The number of alkyl carbamates (subject to hydrolysis) is 1. The molecule has 0 bridgehead atoms. The number of benzene rings is 3. The fraction of sp³-hybridized carbons (Fsp3) is 0.371. The van der Waals surface area contributed by atoms with E-state index in [1.807, 2.05) is 66.7 Å². The lowest BCUT2D eigenvalue weighted by Crippen LogP contribution is -2.48. The van der Waals surface area contributed by atoms with Crippen LogP contribution in [0.3, 0.4) is 0 Å². The van der Waals surface area contributed by atoms with Gasteiger partial charge in [-0.05, 0) is 74.4 Å². The van der Waals surface area contributed by atoms with Crippen LogP contribution in [0.2, 0.25) is 0 Å². The minimum Gasteiger partial charge on any atom is -0.508 e. The van der Waals surface area contributed by atoms with Crippen molar-refractivity contribution in [3.05, 3.63) is 107 Å².